The zero-order valence-electron chi connectivity index (χ0n) is 10.0. The number of hydrogen-bond acceptors (Lipinski definition) is 3. The second kappa shape index (κ2) is 4.27. The van der Waals surface area contributed by atoms with Gasteiger partial charge in [0.15, 0.2) is 0 Å². The van der Waals surface area contributed by atoms with E-state index >= 15 is 0 Å². The maximum absolute atomic E-state index is 6.30. The smallest absolute Gasteiger partial charge is 0.0677 e. The number of aryl methyl sites for hydroxylation is 3. The maximum Gasteiger partial charge on any atom is 0.0677 e. The van der Waals surface area contributed by atoms with Crippen LogP contribution in [0.25, 0.3) is 0 Å². The van der Waals surface area contributed by atoms with Gasteiger partial charge in [-0.05, 0) is 37.3 Å². The third-order valence-corrected chi connectivity index (χ3v) is 4.73. The van der Waals surface area contributed by atoms with Crippen LogP contribution in [0.3, 0.4) is 0 Å². The van der Waals surface area contributed by atoms with Gasteiger partial charge in [-0.25, -0.2) is 0 Å². The summed E-state index contributed by atoms with van der Waals surface area (Å²) in [7, 11) is 1.93. The van der Waals surface area contributed by atoms with Crippen LogP contribution in [0, 0.1) is 0 Å². The standard InChI is InChI=1S/C13H17N3S/c1-16-8-10(7-15-16)13(14)12-6-9-4-2-3-5-11(9)17-12/h6-8,13H,2-5,14H2,1H3. The highest BCUT2D eigenvalue weighted by molar-refractivity contribution is 7.12. The molecule has 2 aromatic heterocycles. The SMILES string of the molecule is Cn1cc(C(N)c2cc3c(s2)CCCC3)cn1. The topological polar surface area (TPSA) is 43.8 Å². The Labute approximate surface area is 105 Å². The van der Waals surface area contributed by atoms with Gasteiger partial charge in [-0.15, -0.1) is 11.3 Å². The monoisotopic (exact) mass is 247 g/mol. The van der Waals surface area contributed by atoms with E-state index in [0.717, 1.165) is 5.56 Å². The molecular weight excluding hydrogens is 230 g/mol. The third kappa shape index (κ3) is 2.03. The van der Waals surface area contributed by atoms with E-state index in [1.165, 1.54) is 36.1 Å². The van der Waals surface area contributed by atoms with Crippen LogP contribution in [0.15, 0.2) is 18.5 Å². The van der Waals surface area contributed by atoms with E-state index in [1.807, 2.05) is 35.5 Å². The molecule has 1 aliphatic rings. The summed E-state index contributed by atoms with van der Waals surface area (Å²) in [5.74, 6) is 0. The van der Waals surface area contributed by atoms with Crippen molar-refractivity contribution in [2.24, 2.45) is 12.8 Å². The van der Waals surface area contributed by atoms with Crippen LogP contribution in [-0.2, 0) is 19.9 Å². The molecule has 4 heteroatoms. The summed E-state index contributed by atoms with van der Waals surface area (Å²) >= 11 is 1.89. The van der Waals surface area contributed by atoms with Crippen molar-refractivity contribution in [3.63, 3.8) is 0 Å². The lowest BCUT2D eigenvalue weighted by molar-refractivity contribution is 0.696. The molecule has 0 saturated carbocycles. The molecule has 0 radical (unpaired) electrons. The van der Waals surface area contributed by atoms with Crippen LogP contribution in [0.2, 0.25) is 0 Å². The number of nitrogens with two attached hydrogens (primary N) is 1. The van der Waals surface area contributed by atoms with Gasteiger partial charge in [0.2, 0.25) is 0 Å². The first kappa shape index (κ1) is 11.0. The number of rotatable bonds is 2. The Morgan fingerprint density at radius 3 is 2.94 bits per heavy atom. The highest BCUT2D eigenvalue weighted by Gasteiger charge is 2.18. The molecule has 90 valence electrons. The van der Waals surface area contributed by atoms with Crippen molar-refractivity contribution in [3.8, 4) is 0 Å². The zero-order valence-corrected chi connectivity index (χ0v) is 10.8. The number of aromatic nitrogens is 2. The van der Waals surface area contributed by atoms with Gasteiger partial charge in [-0.2, -0.15) is 5.10 Å². The van der Waals surface area contributed by atoms with Gasteiger partial charge < -0.3 is 5.73 Å². The predicted molar refractivity (Wildman–Crippen MR) is 70.2 cm³/mol. The summed E-state index contributed by atoms with van der Waals surface area (Å²) in [4.78, 5) is 2.83. The number of thiophene rings is 1. The van der Waals surface area contributed by atoms with Crippen LogP contribution >= 0.6 is 11.3 Å². The van der Waals surface area contributed by atoms with Crippen LogP contribution in [0.1, 0.15) is 39.8 Å². The number of nitrogens with zero attached hydrogens (tertiary/aromatic N) is 2. The van der Waals surface area contributed by atoms with Crippen molar-refractivity contribution in [3.05, 3.63) is 39.3 Å². The normalized spacial score (nSPS) is 16.8. The Balaban J connectivity index is 1.91. The summed E-state index contributed by atoms with van der Waals surface area (Å²) in [5.41, 5.74) is 8.93. The molecule has 17 heavy (non-hydrogen) atoms. The summed E-state index contributed by atoms with van der Waals surface area (Å²) < 4.78 is 1.81. The van der Waals surface area contributed by atoms with Crippen LogP contribution in [0.5, 0.6) is 0 Å². The van der Waals surface area contributed by atoms with E-state index in [2.05, 4.69) is 11.2 Å². The van der Waals surface area contributed by atoms with Crippen molar-refractivity contribution in [1.29, 1.82) is 0 Å². The quantitative estimate of drug-likeness (QED) is 0.885. The van der Waals surface area contributed by atoms with E-state index in [-0.39, 0.29) is 6.04 Å². The van der Waals surface area contributed by atoms with Crippen molar-refractivity contribution in [2.45, 2.75) is 31.7 Å². The van der Waals surface area contributed by atoms with Crippen LogP contribution < -0.4 is 5.73 Å². The van der Waals surface area contributed by atoms with Gasteiger partial charge in [0.05, 0.1) is 12.2 Å². The summed E-state index contributed by atoms with van der Waals surface area (Å²) in [6.07, 6.45) is 8.98. The molecule has 3 rings (SSSR count). The molecule has 2 heterocycles. The van der Waals surface area contributed by atoms with Crippen LogP contribution in [-0.4, -0.2) is 9.78 Å². The minimum Gasteiger partial charge on any atom is -0.320 e. The Kier molecular flexibility index (Phi) is 2.76. The van der Waals surface area contributed by atoms with Gasteiger partial charge in [-0.1, -0.05) is 0 Å². The van der Waals surface area contributed by atoms with Crippen molar-refractivity contribution >= 4 is 11.3 Å². The van der Waals surface area contributed by atoms with Crippen molar-refractivity contribution < 1.29 is 0 Å². The van der Waals surface area contributed by atoms with E-state index < -0.39 is 0 Å². The highest BCUT2D eigenvalue weighted by Crippen LogP contribution is 2.34. The molecule has 2 N–H and O–H groups in total. The molecule has 2 aromatic rings. The van der Waals surface area contributed by atoms with Gasteiger partial charge in [0, 0.05) is 28.6 Å². The zero-order chi connectivity index (χ0) is 11.8. The minimum absolute atomic E-state index is 0.0145. The van der Waals surface area contributed by atoms with E-state index in [9.17, 15) is 0 Å². The fourth-order valence-electron chi connectivity index (χ4n) is 2.43. The van der Waals surface area contributed by atoms with E-state index in [1.54, 1.807) is 4.88 Å². The lowest BCUT2D eigenvalue weighted by atomic mass is 9.98. The molecular formula is C13H17N3S. The van der Waals surface area contributed by atoms with E-state index in [0.29, 0.717) is 0 Å². The molecule has 3 nitrogen and oxygen atoms in total. The molecule has 0 spiro atoms. The molecule has 0 fully saturated rings. The highest BCUT2D eigenvalue weighted by atomic mass is 32.1. The average molecular weight is 247 g/mol. The molecule has 0 bridgehead atoms. The lowest BCUT2D eigenvalue weighted by Crippen LogP contribution is -2.09. The van der Waals surface area contributed by atoms with E-state index in [4.69, 9.17) is 5.73 Å². The van der Waals surface area contributed by atoms with Gasteiger partial charge in [0.1, 0.15) is 0 Å². The number of fused-ring (bicyclic) bond motifs is 1. The predicted octanol–water partition coefficient (Wildman–Crippen LogP) is 2.41. The molecule has 0 saturated heterocycles. The Morgan fingerprint density at radius 1 is 1.41 bits per heavy atom. The van der Waals surface area contributed by atoms with Crippen molar-refractivity contribution in [2.75, 3.05) is 0 Å². The largest absolute Gasteiger partial charge is 0.320 e. The lowest BCUT2D eigenvalue weighted by Gasteiger charge is -2.08. The Bertz CT molecular complexity index is 503. The summed E-state index contributed by atoms with van der Waals surface area (Å²) in [6.45, 7) is 0. The Hall–Kier alpha value is -1.13. The Morgan fingerprint density at radius 2 is 2.24 bits per heavy atom. The average Bonchev–Trinajstić information content (AvgIpc) is 2.93. The van der Waals surface area contributed by atoms with Gasteiger partial charge >= 0.3 is 0 Å². The molecule has 0 aromatic carbocycles. The first-order valence-electron chi connectivity index (χ1n) is 6.09. The second-order valence-electron chi connectivity index (χ2n) is 4.73. The van der Waals surface area contributed by atoms with Gasteiger partial charge in [0.25, 0.3) is 0 Å². The molecule has 1 unspecified atom stereocenters. The van der Waals surface area contributed by atoms with Crippen LogP contribution in [0.4, 0.5) is 0 Å². The molecule has 0 aliphatic heterocycles. The first-order valence-corrected chi connectivity index (χ1v) is 6.91. The van der Waals surface area contributed by atoms with Crippen molar-refractivity contribution in [1.82, 2.24) is 9.78 Å². The first-order chi connectivity index (χ1) is 8.24. The number of hydrogen-bond donors (Lipinski definition) is 1. The van der Waals surface area contributed by atoms with Gasteiger partial charge in [-0.3, -0.25) is 4.68 Å². The third-order valence-electron chi connectivity index (χ3n) is 3.41. The summed E-state index contributed by atoms with van der Waals surface area (Å²) in [5, 5.41) is 4.19. The molecule has 0 amide bonds. The minimum atomic E-state index is -0.0145. The maximum atomic E-state index is 6.30. The summed E-state index contributed by atoms with van der Waals surface area (Å²) in [6, 6.07) is 2.29. The molecule has 1 atom stereocenters. The second-order valence-corrected chi connectivity index (χ2v) is 5.90. The molecule has 1 aliphatic carbocycles. The fraction of sp³-hybridized carbons (Fsp3) is 0.462. The fourth-order valence-corrected chi connectivity index (χ4v) is 3.72.